The van der Waals surface area contributed by atoms with Crippen molar-refractivity contribution in [1.82, 2.24) is 10.2 Å². The minimum atomic E-state index is -0.114. The molecule has 1 aliphatic heterocycles. The van der Waals surface area contributed by atoms with Crippen LogP contribution in [0, 0.1) is 0 Å². The Morgan fingerprint density at radius 2 is 1.48 bits per heavy atom. The van der Waals surface area contributed by atoms with Crippen molar-refractivity contribution >= 4 is 11.8 Å². The monoisotopic (exact) mass is 424 g/mol. The van der Waals surface area contributed by atoms with Gasteiger partial charge in [0, 0.05) is 24.7 Å². The third-order valence-corrected chi connectivity index (χ3v) is 5.77. The Hall–Kier alpha value is -3.02. The van der Waals surface area contributed by atoms with Crippen molar-refractivity contribution in [3.05, 3.63) is 59.2 Å². The highest BCUT2D eigenvalue weighted by molar-refractivity contribution is 6.00. The molecule has 1 saturated heterocycles. The Morgan fingerprint density at radius 3 is 1.97 bits per heavy atom. The summed E-state index contributed by atoms with van der Waals surface area (Å²) >= 11 is 0. The normalized spacial score (nSPS) is 14.8. The van der Waals surface area contributed by atoms with Gasteiger partial charge in [-0.25, -0.2) is 0 Å². The number of nitrogens with zero attached hydrogens (tertiary/aromatic N) is 1. The number of carbonyl (C=O) groups excluding carboxylic acids is 2. The molecule has 0 aromatic heterocycles. The van der Waals surface area contributed by atoms with E-state index in [2.05, 4.69) is 26.1 Å². The van der Waals surface area contributed by atoms with Gasteiger partial charge in [0.15, 0.2) is 0 Å². The van der Waals surface area contributed by atoms with Gasteiger partial charge in [-0.3, -0.25) is 9.59 Å². The maximum atomic E-state index is 13.1. The maximum Gasteiger partial charge on any atom is 0.261 e. The molecule has 0 bridgehead atoms. The van der Waals surface area contributed by atoms with Crippen LogP contribution in [0.4, 0.5) is 0 Å². The molecule has 6 nitrogen and oxygen atoms in total. The molecule has 1 N–H and O–H groups in total. The number of nitrogens with one attached hydrogen (secondary N) is 1. The van der Waals surface area contributed by atoms with Crippen molar-refractivity contribution in [2.24, 2.45) is 0 Å². The summed E-state index contributed by atoms with van der Waals surface area (Å²) in [6.45, 7) is 7.58. The van der Waals surface area contributed by atoms with Gasteiger partial charge in [0.2, 0.25) is 0 Å². The van der Waals surface area contributed by atoms with Crippen LogP contribution < -0.4 is 14.8 Å². The fraction of sp³-hybridized carbons (Fsp3) is 0.440. The number of piperidine rings is 1. The lowest BCUT2D eigenvalue weighted by molar-refractivity contribution is 0.0691. The second-order valence-corrected chi connectivity index (χ2v) is 8.90. The molecule has 1 heterocycles. The van der Waals surface area contributed by atoms with E-state index in [9.17, 15) is 9.59 Å². The highest BCUT2D eigenvalue weighted by Gasteiger charge is 2.28. The Labute approximate surface area is 184 Å². The molecule has 2 aromatic carbocycles. The van der Waals surface area contributed by atoms with Crippen LogP contribution in [0.3, 0.4) is 0 Å². The van der Waals surface area contributed by atoms with Crippen LogP contribution >= 0.6 is 0 Å². The Balaban J connectivity index is 1.60. The van der Waals surface area contributed by atoms with Crippen LogP contribution in [-0.2, 0) is 5.41 Å². The molecule has 31 heavy (non-hydrogen) atoms. The molecule has 0 saturated carbocycles. The van der Waals surface area contributed by atoms with Gasteiger partial charge in [-0.2, -0.15) is 0 Å². The van der Waals surface area contributed by atoms with E-state index < -0.39 is 0 Å². The first-order chi connectivity index (χ1) is 14.7. The molecule has 2 amide bonds. The molecule has 2 aromatic rings. The van der Waals surface area contributed by atoms with E-state index in [1.807, 2.05) is 24.3 Å². The first-order valence-electron chi connectivity index (χ1n) is 10.7. The molecule has 1 aliphatic rings. The highest BCUT2D eigenvalue weighted by Crippen LogP contribution is 2.30. The summed E-state index contributed by atoms with van der Waals surface area (Å²) in [5.41, 5.74) is 2.35. The number of benzene rings is 2. The maximum absolute atomic E-state index is 13.1. The van der Waals surface area contributed by atoms with E-state index in [0.29, 0.717) is 48.6 Å². The summed E-state index contributed by atoms with van der Waals surface area (Å²) in [6, 6.07) is 13.1. The van der Waals surface area contributed by atoms with Crippen molar-refractivity contribution in [3.8, 4) is 11.5 Å². The van der Waals surface area contributed by atoms with Crippen LogP contribution in [0.25, 0.3) is 0 Å². The number of rotatable bonds is 5. The van der Waals surface area contributed by atoms with Crippen molar-refractivity contribution < 1.29 is 19.1 Å². The summed E-state index contributed by atoms with van der Waals surface area (Å²) in [4.78, 5) is 27.5. The number of carbonyl (C=O) groups is 2. The van der Waals surface area contributed by atoms with Gasteiger partial charge >= 0.3 is 0 Å². The molecular formula is C25H32N2O4. The first-order valence-corrected chi connectivity index (χ1v) is 10.7. The van der Waals surface area contributed by atoms with E-state index >= 15 is 0 Å². The smallest absolute Gasteiger partial charge is 0.261 e. The molecule has 0 aliphatic carbocycles. The van der Waals surface area contributed by atoms with E-state index in [1.165, 1.54) is 5.56 Å². The zero-order valence-electron chi connectivity index (χ0n) is 19.0. The van der Waals surface area contributed by atoms with E-state index in [4.69, 9.17) is 9.47 Å². The van der Waals surface area contributed by atoms with E-state index in [-0.39, 0.29) is 23.3 Å². The molecule has 0 atom stereocenters. The minimum Gasteiger partial charge on any atom is -0.496 e. The van der Waals surface area contributed by atoms with Gasteiger partial charge in [-0.15, -0.1) is 0 Å². The number of hydrogen-bond donors (Lipinski definition) is 1. The largest absolute Gasteiger partial charge is 0.496 e. The molecule has 3 rings (SSSR count). The van der Waals surface area contributed by atoms with Gasteiger partial charge in [0.1, 0.15) is 17.1 Å². The van der Waals surface area contributed by atoms with Crippen LogP contribution in [0.15, 0.2) is 42.5 Å². The highest BCUT2D eigenvalue weighted by atomic mass is 16.5. The fourth-order valence-corrected chi connectivity index (χ4v) is 3.84. The number of hydrogen-bond acceptors (Lipinski definition) is 4. The van der Waals surface area contributed by atoms with Crippen LogP contribution in [-0.4, -0.2) is 50.1 Å². The van der Waals surface area contributed by atoms with Crippen molar-refractivity contribution in [3.63, 3.8) is 0 Å². The SMILES string of the molecule is COc1cccc(OC)c1C(=O)N1CCC(NC(=O)c2ccc(C(C)(C)C)cc2)CC1. The fourth-order valence-electron chi connectivity index (χ4n) is 3.84. The van der Waals surface area contributed by atoms with Gasteiger partial charge in [0.25, 0.3) is 11.8 Å². The van der Waals surface area contributed by atoms with Gasteiger partial charge < -0.3 is 19.7 Å². The average Bonchev–Trinajstić information content (AvgIpc) is 2.78. The number of likely N-dealkylation sites (tertiary alicyclic amines) is 1. The number of ether oxygens (including phenoxy) is 2. The quantitative estimate of drug-likeness (QED) is 0.787. The third-order valence-electron chi connectivity index (χ3n) is 5.77. The molecule has 1 fully saturated rings. The molecule has 0 radical (unpaired) electrons. The van der Waals surface area contributed by atoms with Crippen LogP contribution in [0.2, 0.25) is 0 Å². The second-order valence-electron chi connectivity index (χ2n) is 8.90. The Bertz CT molecular complexity index is 901. The standard InChI is InChI=1S/C25H32N2O4/c1-25(2,3)18-11-9-17(10-12-18)23(28)26-19-13-15-27(16-14-19)24(29)22-20(30-4)7-6-8-21(22)31-5/h6-12,19H,13-16H2,1-5H3,(H,26,28). The molecule has 166 valence electrons. The number of methoxy groups -OCH3 is 2. The van der Waals surface area contributed by atoms with Gasteiger partial charge in [-0.1, -0.05) is 39.0 Å². The summed E-state index contributed by atoms with van der Waals surface area (Å²) < 4.78 is 10.7. The third kappa shape index (κ3) is 5.19. The minimum absolute atomic E-state index is 0.0402. The van der Waals surface area contributed by atoms with E-state index in [0.717, 1.165) is 0 Å². The van der Waals surface area contributed by atoms with Crippen molar-refractivity contribution in [1.29, 1.82) is 0 Å². The number of amides is 2. The molecule has 0 unspecified atom stereocenters. The van der Waals surface area contributed by atoms with Crippen LogP contribution in [0.1, 0.15) is 59.9 Å². The van der Waals surface area contributed by atoms with E-state index in [1.54, 1.807) is 37.3 Å². The van der Waals surface area contributed by atoms with Gasteiger partial charge in [0.05, 0.1) is 14.2 Å². The Kier molecular flexibility index (Phi) is 6.88. The Morgan fingerprint density at radius 1 is 0.935 bits per heavy atom. The van der Waals surface area contributed by atoms with Crippen molar-refractivity contribution in [2.45, 2.75) is 45.1 Å². The first kappa shape index (κ1) is 22.7. The average molecular weight is 425 g/mol. The lowest BCUT2D eigenvalue weighted by Gasteiger charge is -2.33. The predicted molar refractivity (Wildman–Crippen MR) is 121 cm³/mol. The van der Waals surface area contributed by atoms with Crippen molar-refractivity contribution in [2.75, 3.05) is 27.3 Å². The topological polar surface area (TPSA) is 67.9 Å². The molecule has 6 heteroatoms. The zero-order chi connectivity index (χ0) is 22.6. The summed E-state index contributed by atoms with van der Waals surface area (Å²) in [7, 11) is 3.09. The molecule has 0 spiro atoms. The molecular weight excluding hydrogens is 392 g/mol. The predicted octanol–water partition coefficient (Wildman–Crippen LogP) is 4.04. The summed E-state index contributed by atoms with van der Waals surface area (Å²) in [6.07, 6.45) is 1.41. The summed E-state index contributed by atoms with van der Waals surface area (Å²) in [5, 5.41) is 3.11. The van der Waals surface area contributed by atoms with Crippen LogP contribution in [0.5, 0.6) is 11.5 Å². The lowest BCUT2D eigenvalue weighted by Crippen LogP contribution is -2.46. The zero-order valence-corrected chi connectivity index (χ0v) is 19.0. The van der Waals surface area contributed by atoms with Gasteiger partial charge in [-0.05, 0) is 48.1 Å². The second kappa shape index (κ2) is 9.41. The lowest BCUT2D eigenvalue weighted by atomic mass is 9.86. The summed E-state index contributed by atoms with van der Waals surface area (Å²) in [5.74, 6) is 0.811.